The van der Waals surface area contributed by atoms with Crippen molar-refractivity contribution in [2.45, 2.75) is 242 Å². The van der Waals surface area contributed by atoms with E-state index in [2.05, 4.69) is 16.0 Å². The van der Waals surface area contributed by atoms with Crippen LogP contribution in [0.3, 0.4) is 0 Å². The van der Waals surface area contributed by atoms with E-state index in [1.165, 1.54) is 79.9 Å². The first-order valence-corrected chi connectivity index (χ1v) is 37.2. The Morgan fingerprint density at radius 3 is 1.74 bits per heavy atom. The van der Waals surface area contributed by atoms with Gasteiger partial charge in [0.1, 0.15) is 47.8 Å². The van der Waals surface area contributed by atoms with E-state index >= 15 is 28.8 Å². The number of likely N-dealkylation sites (N-methyl/N-ethyl adjacent to an activating group) is 7. The zero-order chi connectivity index (χ0) is 74.4. The number of nitrogens with zero attached hydrogens (tertiary/aromatic N) is 9. The maximum Gasteiger partial charge on any atom is 0.417 e. The molecule has 1 spiro atoms. The third kappa shape index (κ3) is 20.9. The molecule has 3 aliphatic heterocycles. The molecule has 3 saturated heterocycles. The molecule has 6 fully saturated rings. The Balaban J connectivity index is 1.28. The summed E-state index contributed by atoms with van der Waals surface area (Å²) in [6, 6.07) is -5.52. The van der Waals surface area contributed by atoms with Gasteiger partial charge in [-0.1, -0.05) is 122 Å². The van der Waals surface area contributed by atoms with Crippen molar-refractivity contribution in [3.8, 4) is 0 Å². The lowest BCUT2D eigenvalue weighted by Crippen LogP contribution is -2.64. The second-order valence-corrected chi connectivity index (χ2v) is 30.6. The predicted octanol–water partition coefficient (Wildman–Crippen LogP) is 6.42. The Kier molecular flexibility index (Phi) is 29.3. The van der Waals surface area contributed by atoms with Crippen molar-refractivity contribution in [1.82, 2.24) is 60.0 Å². The number of alkyl halides is 3. The second kappa shape index (κ2) is 36.4. The van der Waals surface area contributed by atoms with Gasteiger partial charge < -0.3 is 60.0 Å². The molecule has 0 aromatic heterocycles. The number of fused-ring (bicyclic) bond motifs is 1. The molecule has 12 amide bonds. The van der Waals surface area contributed by atoms with Crippen LogP contribution in [0.2, 0.25) is 5.02 Å². The topological polar surface area (TPSA) is 270 Å². The van der Waals surface area contributed by atoms with Crippen LogP contribution in [0.25, 0.3) is 0 Å². The first-order chi connectivity index (χ1) is 47.7. The van der Waals surface area contributed by atoms with Crippen molar-refractivity contribution in [2.75, 3.05) is 88.6 Å². The van der Waals surface area contributed by atoms with Crippen LogP contribution in [-0.2, 0) is 70.1 Å². The van der Waals surface area contributed by atoms with E-state index in [0.29, 0.717) is 57.2 Å². The summed E-state index contributed by atoms with van der Waals surface area (Å²) in [6.45, 7) is 6.47. The summed E-state index contributed by atoms with van der Waals surface area (Å²) < 4.78 is 41.6. The number of piperidine rings is 1. The summed E-state index contributed by atoms with van der Waals surface area (Å²) in [7, 11) is 10.0. The van der Waals surface area contributed by atoms with Crippen molar-refractivity contribution in [3.63, 3.8) is 0 Å². The highest BCUT2D eigenvalue weighted by molar-refractivity contribution is 6.31. The van der Waals surface area contributed by atoms with Gasteiger partial charge in [-0.25, -0.2) is 0 Å². The van der Waals surface area contributed by atoms with Crippen LogP contribution >= 0.6 is 11.6 Å². The number of hydrogen-bond acceptors (Lipinski definition) is 12. The van der Waals surface area contributed by atoms with Gasteiger partial charge >= 0.3 is 6.18 Å². The number of carbonyl (C=O) groups is 12. The molecular weight excluding hydrogens is 1330 g/mol. The third-order valence-electron chi connectivity index (χ3n) is 22.4. The highest BCUT2D eigenvalue weighted by atomic mass is 35.5. The molecule has 0 radical (unpaired) electrons. The molecule has 3 heterocycles. The quantitative estimate of drug-likeness (QED) is 0.205. The zero-order valence-corrected chi connectivity index (χ0v) is 62.2. The number of carbonyl (C=O) groups excluding carboxylic acids is 12. The van der Waals surface area contributed by atoms with Crippen LogP contribution in [0.4, 0.5) is 13.2 Å². The number of rotatable bonds is 12. The Bertz CT molecular complexity index is 3130. The molecule has 101 heavy (non-hydrogen) atoms. The fourth-order valence-corrected chi connectivity index (χ4v) is 16.1. The monoisotopic (exact) mass is 1440 g/mol. The SMILES string of the molecule is CC[C@H](C)[C@@H]1NC(=O)[C@H](CC(C)C)N(C)C(=O)C[C@@H](C(=O)N2CCCCC2)N(C)C(=O)[C@H](CC2CCCC2)N(C)C(=O)C2(CCCC2)NC(=O)C2CCCN2C(=O)[C@H](CCc2ccc(C(F)(F)F)c(Cl)c2)NC(=O)CN(C)C(=O)[C@H](CC2CCCCC2)N(C)C(=O)CN(C)C(=O)CN(C)C1=O. The van der Waals surface area contributed by atoms with Crippen LogP contribution in [0.15, 0.2) is 18.2 Å². The molecule has 3 saturated carbocycles. The molecule has 1 aromatic carbocycles. The molecule has 28 heteroatoms. The third-order valence-corrected chi connectivity index (χ3v) is 22.7. The molecule has 7 rings (SSSR count). The lowest BCUT2D eigenvalue weighted by molar-refractivity contribution is -0.155. The number of benzene rings is 1. The maximum atomic E-state index is 15.7. The summed E-state index contributed by atoms with van der Waals surface area (Å²) >= 11 is 6.16. The van der Waals surface area contributed by atoms with Crippen molar-refractivity contribution >= 4 is 82.5 Å². The van der Waals surface area contributed by atoms with E-state index in [4.69, 9.17) is 11.6 Å². The minimum absolute atomic E-state index is 0.00114. The summed E-state index contributed by atoms with van der Waals surface area (Å²) in [5.74, 6) is -8.30. The van der Waals surface area contributed by atoms with E-state index in [1.54, 1.807) is 11.8 Å². The smallest absolute Gasteiger partial charge is 0.343 e. The molecule has 3 N–H and O–H groups in total. The molecule has 0 bridgehead atoms. The number of likely N-dealkylation sites (tertiary alicyclic amines) is 1. The summed E-state index contributed by atoms with van der Waals surface area (Å²) in [5.41, 5.74) is -2.33. The van der Waals surface area contributed by atoms with Gasteiger partial charge in [0.25, 0.3) is 0 Å². The Hall–Kier alpha value is -7.06. The van der Waals surface area contributed by atoms with Gasteiger partial charge in [0.2, 0.25) is 70.9 Å². The summed E-state index contributed by atoms with van der Waals surface area (Å²) in [6.07, 6.45) is 7.17. The lowest BCUT2D eigenvalue weighted by atomic mass is 9.84. The molecule has 8 atom stereocenters. The Morgan fingerprint density at radius 1 is 0.594 bits per heavy atom. The Morgan fingerprint density at radius 2 is 1.16 bits per heavy atom. The molecule has 564 valence electrons. The van der Waals surface area contributed by atoms with E-state index in [9.17, 15) is 41.9 Å². The number of halogens is 4. The first-order valence-electron chi connectivity index (χ1n) is 36.8. The largest absolute Gasteiger partial charge is 0.417 e. The lowest BCUT2D eigenvalue weighted by Gasteiger charge is -2.41. The fraction of sp³-hybridized carbons (Fsp3) is 0.753. The van der Waals surface area contributed by atoms with E-state index in [0.717, 1.165) is 91.0 Å². The van der Waals surface area contributed by atoms with E-state index in [-0.39, 0.29) is 75.7 Å². The van der Waals surface area contributed by atoms with Crippen LogP contribution in [0.1, 0.15) is 193 Å². The van der Waals surface area contributed by atoms with Gasteiger partial charge in [-0.15, -0.1) is 0 Å². The zero-order valence-electron chi connectivity index (χ0n) is 61.4. The normalized spacial score (nSPS) is 26.7. The highest BCUT2D eigenvalue weighted by Crippen LogP contribution is 2.38. The summed E-state index contributed by atoms with van der Waals surface area (Å²) in [5, 5.41) is 8.19. The van der Waals surface area contributed by atoms with Gasteiger partial charge in [-0.3, -0.25) is 57.5 Å². The van der Waals surface area contributed by atoms with Crippen molar-refractivity contribution in [2.24, 2.45) is 23.7 Å². The predicted molar refractivity (Wildman–Crippen MR) is 374 cm³/mol. The standard InChI is InChI=1S/C73H112ClF3N12O12/c1-12-47(4)63-70(100)83(7)44-61(92)81(5)45-62(93)85(9)56(40-48-24-15-13-16-25-48)67(97)82(6)43-59(90)78-53(32-30-50-29-31-51(52(74)39-50)73(75,76)77)66(96)89-37-23-28-54(89)65(95)80-72(33-19-20-34-72)71(101)87(11)57(41-49-26-17-18-27-49)68(98)86(10)58(69(99)88-35-21-14-22-36-88)42-60(91)84(8)55(38-46(2)3)64(94)79-63/h29,31,39,46-49,53-58,63H,12-28,30,32-38,40-45H2,1-11H3,(H,78,90)(H,79,94)(H,80,95)/t47-,53-,54?,55-,56-,57-,58-,63-/m0/s1. The Labute approximate surface area is 599 Å². The van der Waals surface area contributed by atoms with Gasteiger partial charge in [-0.2, -0.15) is 13.2 Å². The highest BCUT2D eigenvalue weighted by Gasteiger charge is 2.51. The van der Waals surface area contributed by atoms with Crippen molar-refractivity contribution in [3.05, 3.63) is 34.3 Å². The number of amides is 12. The summed E-state index contributed by atoms with van der Waals surface area (Å²) in [4.78, 5) is 191. The number of aryl methyl sites for hydroxylation is 1. The molecule has 6 aliphatic rings. The van der Waals surface area contributed by atoms with Crippen LogP contribution in [0.5, 0.6) is 0 Å². The van der Waals surface area contributed by atoms with E-state index < -0.39 is 167 Å². The van der Waals surface area contributed by atoms with Gasteiger partial charge in [0.15, 0.2) is 0 Å². The van der Waals surface area contributed by atoms with Crippen molar-refractivity contribution in [1.29, 1.82) is 0 Å². The molecule has 24 nitrogen and oxygen atoms in total. The maximum absolute atomic E-state index is 15.7. The molecule has 1 aromatic rings. The van der Waals surface area contributed by atoms with Crippen LogP contribution in [0, 0.1) is 23.7 Å². The van der Waals surface area contributed by atoms with Crippen molar-refractivity contribution < 1.29 is 70.7 Å². The van der Waals surface area contributed by atoms with Gasteiger partial charge in [0, 0.05) is 69.0 Å². The second-order valence-electron chi connectivity index (χ2n) is 30.2. The minimum Gasteiger partial charge on any atom is -0.343 e. The number of nitrogens with one attached hydrogen (secondary N) is 3. The molecule has 1 unspecified atom stereocenters. The molecular formula is C73H112ClF3N12O12. The first kappa shape index (κ1) is 81.2. The van der Waals surface area contributed by atoms with Crippen LogP contribution in [-0.4, -0.2) is 251 Å². The average Bonchev–Trinajstić information content (AvgIpc) is 1.72. The number of hydrogen-bond donors (Lipinski definition) is 3. The van der Waals surface area contributed by atoms with Gasteiger partial charge in [-0.05, 0) is 118 Å². The van der Waals surface area contributed by atoms with E-state index in [1.807, 2.05) is 20.8 Å². The van der Waals surface area contributed by atoms with Crippen LogP contribution < -0.4 is 16.0 Å². The molecule has 3 aliphatic carbocycles. The van der Waals surface area contributed by atoms with Gasteiger partial charge in [0.05, 0.1) is 36.6 Å². The minimum atomic E-state index is -4.76. The fourth-order valence-electron chi connectivity index (χ4n) is 15.7. The average molecular weight is 1440 g/mol.